The van der Waals surface area contributed by atoms with Crippen LogP contribution in [0.1, 0.15) is 26.0 Å². The van der Waals surface area contributed by atoms with Crippen molar-refractivity contribution in [2.45, 2.75) is 26.8 Å². The molecule has 0 fully saturated rings. The van der Waals surface area contributed by atoms with Crippen molar-refractivity contribution < 1.29 is 4.39 Å². The third-order valence-corrected chi connectivity index (χ3v) is 3.32. The molecule has 21 heavy (non-hydrogen) atoms. The predicted octanol–water partition coefficient (Wildman–Crippen LogP) is 4.07. The molecule has 1 N–H and O–H groups in total. The van der Waals surface area contributed by atoms with Crippen molar-refractivity contribution in [1.82, 2.24) is 4.98 Å². The summed E-state index contributed by atoms with van der Waals surface area (Å²) in [4.78, 5) is 6.59. The zero-order valence-electron chi connectivity index (χ0n) is 12.6. The van der Waals surface area contributed by atoms with Crippen LogP contribution in [0.15, 0.2) is 42.6 Å². The van der Waals surface area contributed by atoms with Crippen molar-refractivity contribution in [3.05, 3.63) is 54.1 Å². The van der Waals surface area contributed by atoms with Crippen molar-refractivity contribution in [2.24, 2.45) is 0 Å². The van der Waals surface area contributed by atoms with E-state index in [1.807, 2.05) is 12.3 Å². The fourth-order valence-electron chi connectivity index (χ4n) is 2.18. The van der Waals surface area contributed by atoms with Gasteiger partial charge in [-0.25, -0.2) is 4.39 Å². The molecule has 0 aliphatic rings. The maximum atomic E-state index is 13.0. The van der Waals surface area contributed by atoms with Gasteiger partial charge in [-0.05, 0) is 49.7 Å². The second-order valence-electron chi connectivity index (χ2n) is 4.95. The zero-order chi connectivity index (χ0) is 15.1. The summed E-state index contributed by atoms with van der Waals surface area (Å²) >= 11 is 0. The molecule has 0 aliphatic carbocycles. The topological polar surface area (TPSA) is 28.2 Å². The number of aromatic nitrogens is 1. The molecule has 1 aromatic carbocycles. The van der Waals surface area contributed by atoms with Gasteiger partial charge >= 0.3 is 0 Å². The number of hydrogen-bond donors (Lipinski definition) is 1. The molecular formula is C17H22FN3. The lowest BCUT2D eigenvalue weighted by atomic mass is 10.2. The van der Waals surface area contributed by atoms with Gasteiger partial charge in [0.1, 0.15) is 5.82 Å². The van der Waals surface area contributed by atoms with Crippen LogP contribution in [0.25, 0.3) is 0 Å². The van der Waals surface area contributed by atoms with E-state index in [2.05, 4.69) is 35.1 Å². The number of nitrogens with zero attached hydrogens (tertiary/aromatic N) is 2. The van der Waals surface area contributed by atoms with E-state index in [1.54, 1.807) is 12.1 Å². The third-order valence-electron chi connectivity index (χ3n) is 3.32. The highest BCUT2D eigenvalue weighted by atomic mass is 19.1. The minimum Gasteiger partial charge on any atom is -0.385 e. The number of rotatable bonds is 7. The summed E-state index contributed by atoms with van der Waals surface area (Å²) in [6, 6.07) is 10.6. The molecule has 0 amide bonds. The van der Waals surface area contributed by atoms with Gasteiger partial charge in [-0.1, -0.05) is 6.92 Å². The molecule has 4 heteroatoms. The quantitative estimate of drug-likeness (QED) is 0.832. The number of pyridine rings is 1. The molecule has 0 radical (unpaired) electrons. The molecule has 0 bridgehead atoms. The minimum absolute atomic E-state index is 0.210. The van der Waals surface area contributed by atoms with Gasteiger partial charge in [-0.2, -0.15) is 0 Å². The fourth-order valence-corrected chi connectivity index (χ4v) is 2.18. The standard InChI is InChI=1S/C17H22FN3/c1-3-10-19-15-9-11-20-16(12-15)13-21(4-2)17-7-5-14(18)6-8-17/h5-9,11-12H,3-4,10,13H2,1-2H3,(H,19,20). The smallest absolute Gasteiger partial charge is 0.123 e. The predicted molar refractivity (Wildman–Crippen MR) is 86.1 cm³/mol. The molecule has 0 atom stereocenters. The van der Waals surface area contributed by atoms with Gasteiger partial charge < -0.3 is 10.2 Å². The summed E-state index contributed by atoms with van der Waals surface area (Å²) < 4.78 is 13.0. The Kier molecular flexibility index (Phi) is 5.55. The van der Waals surface area contributed by atoms with Crippen LogP contribution in [0.2, 0.25) is 0 Å². The summed E-state index contributed by atoms with van der Waals surface area (Å²) in [5.74, 6) is -0.210. The Bertz CT molecular complexity index is 554. The third kappa shape index (κ3) is 4.45. The van der Waals surface area contributed by atoms with E-state index in [0.29, 0.717) is 6.54 Å². The van der Waals surface area contributed by atoms with E-state index in [1.165, 1.54) is 12.1 Å². The Morgan fingerprint density at radius 1 is 1.14 bits per heavy atom. The molecular weight excluding hydrogens is 265 g/mol. The van der Waals surface area contributed by atoms with Gasteiger partial charge in [-0.3, -0.25) is 4.98 Å². The van der Waals surface area contributed by atoms with Crippen LogP contribution in [-0.2, 0) is 6.54 Å². The number of nitrogens with one attached hydrogen (secondary N) is 1. The van der Waals surface area contributed by atoms with Crippen LogP contribution in [-0.4, -0.2) is 18.1 Å². The highest BCUT2D eigenvalue weighted by Gasteiger charge is 2.07. The molecule has 1 aromatic heterocycles. The minimum atomic E-state index is -0.210. The average Bonchev–Trinajstić information content (AvgIpc) is 2.52. The number of benzene rings is 1. The maximum absolute atomic E-state index is 13.0. The summed E-state index contributed by atoms with van der Waals surface area (Å²) in [6.45, 7) is 6.74. The van der Waals surface area contributed by atoms with Crippen molar-refractivity contribution in [3.8, 4) is 0 Å². The monoisotopic (exact) mass is 287 g/mol. The molecule has 112 valence electrons. The molecule has 0 saturated carbocycles. The van der Waals surface area contributed by atoms with E-state index >= 15 is 0 Å². The van der Waals surface area contributed by atoms with Crippen LogP contribution >= 0.6 is 0 Å². The van der Waals surface area contributed by atoms with Gasteiger partial charge in [0.15, 0.2) is 0 Å². The largest absolute Gasteiger partial charge is 0.385 e. The van der Waals surface area contributed by atoms with Crippen molar-refractivity contribution in [3.63, 3.8) is 0 Å². The molecule has 1 heterocycles. The van der Waals surface area contributed by atoms with Crippen molar-refractivity contribution >= 4 is 11.4 Å². The fraction of sp³-hybridized carbons (Fsp3) is 0.353. The molecule has 0 spiro atoms. The highest BCUT2D eigenvalue weighted by Crippen LogP contribution is 2.18. The van der Waals surface area contributed by atoms with Crippen LogP contribution < -0.4 is 10.2 Å². The Morgan fingerprint density at radius 3 is 2.57 bits per heavy atom. The summed E-state index contributed by atoms with van der Waals surface area (Å²) in [7, 11) is 0. The first kappa shape index (κ1) is 15.3. The van der Waals surface area contributed by atoms with Crippen molar-refractivity contribution in [2.75, 3.05) is 23.3 Å². The molecule has 2 aromatic rings. The summed E-state index contributed by atoms with van der Waals surface area (Å²) in [5, 5.41) is 3.37. The Labute approximate surface area is 125 Å². The molecule has 3 nitrogen and oxygen atoms in total. The van der Waals surface area contributed by atoms with E-state index in [0.717, 1.165) is 36.6 Å². The lowest BCUT2D eigenvalue weighted by molar-refractivity contribution is 0.627. The van der Waals surface area contributed by atoms with Gasteiger partial charge in [-0.15, -0.1) is 0 Å². The van der Waals surface area contributed by atoms with Gasteiger partial charge in [0, 0.05) is 30.7 Å². The SMILES string of the molecule is CCCNc1ccnc(CN(CC)c2ccc(F)cc2)c1. The zero-order valence-corrected chi connectivity index (χ0v) is 12.6. The Hall–Kier alpha value is -2.10. The second-order valence-corrected chi connectivity index (χ2v) is 4.95. The summed E-state index contributed by atoms with van der Waals surface area (Å²) in [5.41, 5.74) is 3.10. The van der Waals surface area contributed by atoms with E-state index < -0.39 is 0 Å². The van der Waals surface area contributed by atoms with Gasteiger partial charge in [0.25, 0.3) is 0 Å². The molecule has 0 aliphatic heterocycles. The summed E-state index contributed by atoms with van der Waals surface area (Å²) in [6.07, 6.45) is 2.92. The first-order chi connectivity index (χ1) is 10.2. The first-order valence-electron chi connectivity index (χ1n) is 7.42. The number of anilines is 2. The van der Waals surface area contributed by atoms with E-state index in [-0.39, 0.29) is 5.82 Å². The molecule has 0 saturated heterocycles. The number of hydrogen-bond acceptors (Lipinski definition) is 3. The van der Waals surface area contributed by atoms with E-state index in [4.69, 9.17) is 0 Å². The second kappa shape index (κ2) is 7.62. The van der Waals surface area contributed by atoms with Crippen LogP contribution in [0, 0.1) is 5.82 Å². The van der Waals surface area contributed by atoms with E-state index in [9.17, 15) is 4.39 Å². The van der Waals surface area contributed by atoms with Gasteiger partial charge in [0.2, 0.25) is 0 Å². The van der Waals surface area contributed by atoms with Crippen LogP contribution in [0.4, 0.5) is 15.8 Å². The maximum Gasteiger partial charge on any atom is 0.123 e. The Balaban J connectivity index is 2.09. The Morgan fingerprint density at radius 2 is 1.90 bits per heavy atom. The number of halogens is 1. The lowest BCUT2D eigenvalue weighted by Gasteiger charge is -2.23. The molecule has 0 unspecified atom stereocenters. The van der Waals surface area contributed by atoms with Crippen molar-refractivity contribution in [1.29, 1.82) is 0 Å². The lowest BCUT2D eigenvalue weighted by Crippen LogP contribution is -2.22. The first-order valence-corrected chi connectivity index (χ1v) is 7.42. The average molecular weight is 287 g/mol. The highest BCUT2D eigenvalue weighted by molar-refractivity contribution is 5.48. The normalized spacial score (nSPS) is 10.4. The molecule has 2 rings (SSSR count). The van der Waals surface area contributed by atoms with Crippen LogP contribution in [0.5, 0.6) is 0 Å². The van der Waals surface area contributed by atoms with Crippen LogP contribution in [0.3, 0.4) is 0 Å². The van der Waals surface area contributed by atoms with Gasteiger partial charge in [0.05, 0.1) is 12.2 Å².